The number of hydrogen-bond acceptors (Lipinski definition) is 5. The van der Waals surface area contributed by atoms with Crippen LogP contribution in [0, 0.1) is 0 Å². The number of nitrogens with zero attached hydrogens (tertiary/aromatic N) is 2. The van der Waals surface area contributed by atoms with Crippen molar-refractivity contribution in [2.45, 2.75) is 68.3 Å². The molecule has 0 N–H and O–H groups in total. The number of ketones is 1. The van der Waals surface area contributed by atoms with Gasteiger partial charge in [-0.2, -0.15) is 0 Å². The van der Waals surface area contributed by atoms with E-state index in [1.165, 1.54) is 0 Å². The van der Waals surface area contributed by atoms with Crippen LogP contribution >= 0.6 is 11.8 Å². The molecule has 1 heterocycles. The first-order chi connectivity index (χ1) is 9.69. The summed E-state index contributed by atoms with van der Waals surface area (Å²) >= 11 is 1.57. The summed E-state index contributed by atoms with van der Waals surface area (Å²) in [6, 6.07) is 1.80. The van der Waals surface area contributed by atoms with Crippen LogP contribution in [0.25, 0.3) is 0 Å². The standard InChI is InChI=1S/C15H24N2O2SSi/c1-15(2,3)21(4,5)19-12-9-11(18)10-13(12)20-14-16-7-6-8-17-14/h6-8,12-13H,9-10H2,1-5H3/t12-,13-/m0/s1. The Labute approximate surface area is 132 Å². The van der Waals surface area contributed by atoms with Gasteiger partial charge in [-0.3, -0.25) is 4.79 Å². The smallest absolute Gasteiger partial charge is 0.192 e. The maximum absolute atomic E-state index is 11.9. The van der Waals surface area contributed by atoms with Crippen LogP contribution < -0.4 is 0 Å². The molecule has 1 aliphatic carbocycles. The Morgan fingerprint density at radius 2 is 1.86 bits per heavy atom. The predicted octanol–water partition coefficient (Wildman–Crippen LogP) is 3.69. The highest BCUT2D eigenvalue weighted by atomic mass is 32.2. The van der Waals surface area contributed by atoms with E-state index in [1.54, 1.807) is 30.2 Å². The van der Waals surface area contributed by atoms with Crippen molar-refractivity contribution in [1.29, 1.82) is 0 Å². The van der Waals surface area contributed by atoms with Crippen LogP contribution in [-0.2, 0) is 9.22 Å². The zero-order valence-electron chi connectivity index (χ0n) is 13.4. The summed E-state index contributed by atoms with van der Waals surface area (Å²) in [4.78, 5) is 20.4. The Bertz CT molecular complexity index is 502. The van der Waals surface area contributed by atoms with Crippen LogP contribution in [-0.4, -0.2) is 35.4 Å². The number of hydrogen-bond donors (Lipinski definition) is 0. The van der Waals surface area contributed by atoms with E-state index >= 15 is 0 Å². The molecule has 1 aromatic rings. The number of thioether (sulfide) groups is 1. The van der Waals surface area contributed by atoms with Gasteiger partial charge in [0.25, 0.3) is 0 Å². The van der Waals surface area contributed by atoms with Gasteiger partial charge in [0, 0.05) is 30.5 Å². The highest BCUT2D eigenvalue weighted by molar-refractivity contribution is 7.99. The van der Waals surface area contributed by atoms with E-state index in [-0.39, 0.29) is 22.2 Å². The summed E-state index contributed by atoms with van der Waals surface area (Å²) in [5, 5.41) is 1.01. The van der Waals surface area contributed by atoms with Gasteiger partial charge in [0.2, 0.25) is 0 Å². The number of rotatable bonds is 4. The van der Waals surface area contributed by atoms with Crippen molar-refractivity contribution in [2.75, 3.05) is 0 Å². The second kappa shape index (κ2) is 6.18. The quantitative estimate of drug-likeness (QED) is 0.624. The van der Waals surface area contributed by atoms with E-state index in [1.807, 2.05) is 0 Å². The topological polar surface area (TPSA) is 52.1 Å². The minimum absolute atomic E-state index is 0.00722. The van der Waals surface area contributed by atoms with Gasteiger partial charge in [0.1, 0.15) is 5.78 Å². The Morgan fingerprint density at radius 3 is 2.43 bits per heavy atom. The zero-order valence-corrected chi connectivity index (χ0v) is 15.2. The number of Topliss-reactive ketones (excluding diaryl/α,β-unsaturated/α-hetero) is 1. The summed E-state index contributed by atoms with van der Waals surface area (Å²) in [6.07, 6.45) is 4.54. The van der Waals surface area contributed by atoms with E-state index in [0.717, 1.165) is 5.16 Å². The van der Waals surface area contributed by atoms with Crippen molar-refractivity contribution in [3.8, 4) is 0 Å². The number of aromatic nitrogens is 2. The molecule has 0 unspecified atom stereocenters. The van der Waals surface area contributed by atoms with E-state index in [9.17, 15) is 4.79 Å². The number of carbonyl (C=O) groups is 1. The van der Waals surface area contributed by atoms with Crippen LogP contribution in [0.5, 0.6) is 0 Å². The first-order valence-corrected chi connectivity index (χ1v) is 11.1. The molecule has 0 bridgehead atoms. The zero-order chi connectivity index (χ0) is 15.7. The van der Waals surface area contributed by atoms with Gasteiger partial charge in [-0.05, 0) is 24.2 Å². The lowest BCUT2D eigenvalue weighted by Gasteiger charge is -2.39. The van der Waals surface area contributed by atoms with Crippen LogP contribution in [0.3, 0.4) is 0 Å². The van der Waals surface area contributed by atoms with Gasteiger partial charge in [-0.25, -0.2) is 9.97 Å². The molecule has 0 amide bonds. The van der Waals surface area contributed by atoms with Crippen molar-refractivity contribution in [1.82, 2.24) is 9.97 Å². The first kappa shape index (κ1) is 16.6. The predicted molar refractivity (Wildman–Crippen MR) is 88.0 cm³/mol. The summed E-state index contributed by atoms with van der Waals surface area (Å²) in [5.74, 6) is 0.284. The molecule has 2 rings (SSSR count). The summed E-state index contributed by atoms with van der Waals surface area (Å²) in [7, 11) is -1.86. The van der Waals surface area contributed by atoms with Crippen LogP contribution in [0.1, 0.15) is 33.6 Å². The fourth-order valence-corrected chi connectivity index (χ4v) is 4.61. The maximum Gasteiger partial charge on any atom is 0.192 e. The third kappa shape index (κ3) is 4.14. The molecule has 116 valence electrons. The normalized spacial score (nSPS) is 23.6. The fourth-order valence-electron chi connectivity index (χ4n) is 2.07. The van der Waals surface area contributed by atoms with Crippen molar-refractivity contribution in [2.24, 2.45) is 0 Å². The van der Waals surface area contributed by atoms with Gasteiger partial charge in [-0.1, -0.05) is 32.5 Å². The molecule has 1 saturated carbocycles. The van der Waals surface area contributed by atoms with Crippen LogP contribution in [0.15, 0.2) is 23.6 Å². The Kier molecular flexibility index (Phi) is 4.90. The van der Waals surface area contributed by atoms with Gasteiger partial charge in [0.05, 0.1) is 6.10 Å². The molecule has 0 saturated heterocycles. The average molecular weight is 325 g/mol. The number of carbonyl (C=O) groups excluding carboxylic acids is 1. The molecule has 6 heteroatoms. The van der Waals surface area contributed by atoms with E-state index < -0.39 is 8.32 Å². The molecule has 1 aliphatic rings. The highest BCUT2D eigenvalue weighted by Crippen LogP contribution is 2.41. The molecular weight excluding hydrogens is 300 g/mol. The summed E-state index contributed by atoms with van der Waals surface area (Å²) < 4.78 is 6.46. The minimum atomic E-state index is -1.86. The molecule has 21 heavy (non-hydrogen) atoms. The lowest BCUT2D eigenvalue weighted by molar-refractivity contribution is -0.117. The third-order valence-corrected chi connectivity index (χ3v) is 10.0. The lowest BCUT2D eigenvalue weighted by atomic mass is 10.2. The molecule has 4 nitrogen and oxygen atoms in total. The third-order valence-electron chi connectivity index (χ3n) is 4.32. The SMILES string of the molecule is CC(C)(C)[Si](C)(C)O[C@H]1CC(=O)C[C@@H]1Sc1ncccn1. The molecule has 0 spiro atoms. The lowest BCUT2D eigenvalue weighted by Crippen LogP contribution is -2.45. The molecule has 1 fully saturated rings. The van der Waals surface area contributed by atoms with E-state index in [0.29, 0.717) is 12.8 Å². The van der Waals surface area contributed by atoms with Crippen molar-refractivity contribution in [3.05, 3.63) is 18.5 Å². The molecular formula is C15H24N2O2SSi. The molecule has 0 aromatic carbocycles. The largest absolute Gasteiger partial charge is 0.412 e. The second-order valence-corrected chi connectivity index (χ2v) is 13.0. The van der Waals surface area contributed by atoms with Crippen molar-refractivity contribution in [3.63, 3.8) is 0 Å². The van der Waals surface area contributed by atoms with Crippen molar-refractivity contribution < 1.29 is 9.22 Å². The van der Waals surface area contributed by atoms with E-state index in [4.69, 9.17) is 4.43 Å². The Balaban J connectivity index is 2.09. The van der Waals surface area contributed by atoms with Gasteiger partial charge in [-0.15, -0.1) is 0 Å². The molecule has 0 radical (unpaired) electrons. The van der Waals surface area contributed by atoms with Gasteiger partial charge >= 0.3 is 0 Å². The summed E-state index contributed by atoms with van der Waals surface area (Å²) in [6.45, 7) is 11.1. The molecule has 2 atom stereocenters. The minimum Gasteiger partial charge on any atom is -0.412 e. The van der Waals surface area contributed by atoms with Gasteiger partial charge < -0.3 is 4.43 Å². The van der Waals surface area contributed by atoms with E-state index in [2.05, 4.69) is 43.8 Å². The fraction of sp³-hybridized carbons (Fsp3) is 0.667. The molecule has 1 aromatic heterocycles. The maximum atomic E-state index is 11.9. The highest BCUT2D eigenvalue weighted by Gasteiger charge is 2.44. The van der Waals surface area contributed by atoms with Crippen LogP contribution in [0.4, 0.5) is 0 Å². The molecule has 0 aliphatic heterocycles. The van der Waals surface area contributed by atoms with Gasteiger partial charge in [0.15, 0.2) is 13.5 Å². The van der Waals surface area contributed by atoms with Crippen LogP contribution in [0.2, 0.25) is 18.1 Å². The Morgan fingerprint density at radius 1 is 1.24 bits per heavy atom. The second-order valence-electron chi connectivity index (χ2n) is 7.05. The monoisotopic (exact) mass is 324 g/mol. The summed E-state index contributed by atoms with van der Waals surface area (Å²) in [5.41, 5.74) is 0. The first-order valence-electron chi connectivity index (χ1n) is 7.32. The Hall–Kier alpha value is -0.723. The average Bonchev–Trinajstić information content (AvgIpc) is 2.68. The van der Waals surface area contributed by atoms with Crippen molar-refractivity contribution >= 4 is 25.9 Å².